The van der Waals surface area contributed by atoms with Crippen LogP contribution in [0.4, 0.5) is 0 Å². The molecule has 1 unspecified atom stereocenters. The molecule has 0 aliphatic rings. The zero-order valence-electron chi connectivity index (χ0n) is 8.37. The molecule has 3 nitrogen and oxygen atoms in total. The lowest BCUT2D eigenvalue weighted by atomic mass is 10.3. The highest BCUT2D eigenvalue weighted by Crippen LogP contribution is 2.24. The van der Waals surface area contributed by atoms with Gasteiger partial charge in [-0.2, -0.15) is 0 Å². The predicted octanol–water partition coefficient (Wildman–Crippen LogP) is 2.26. The van der Waals surface area contributed by atoms with E-state index >= 15 is 0 Å². The van der Waals surface area contributed by atoms with Crippen LogP contribution in [0.25, 0.3) is 0 Å². The smallest absolute Gasteiger partial charge is 0.245 e. The van der Waals surface area contributed by atoms with Crippen LogP contribution >= 0.6 is 22.9 Å². The van der Waals surface area contributed by atoms with Gasteiger partial charge in [-0.25, -0.2) is 4.98 Å². The van der Waals surface area contributed by atoms with E-state index in [2.05, 4.69) is 10.3 Å². The van der Waals surface area contributed by atoms with Crippen molar-refractivity contribution in [1.29, 1.82) is 0 Å². The number of amides is 1. The fraction of sp³-hybridized carbons (Fsp3) is 0.556. The summed E-state index contributed by atoms with van der Waals surface area (Å²) in [7, 11) is 0. The molecule has 0 aliphatic carbocycles. The summed E-state index contributed by atoms with van der Waals surface area (Å²) in [5.41, 5.74) is 0.896. The Bertz CT molecular complexity index is 324. The number of rotatable bonds is 3. The molecule has 0 bridgehead atoms. The third kappa shape index (κ3) is 2.96. The van der Waals surface area contributed by atoms with Gasteiger partial charge in [0.1, 0.15) is 5.01 Å². The van der Waals surface area contributed by atoms with E-state index < -0.39 is 5.38 Å². The predicted molar refractivity (Wildman–Crippen MR) is 58.7 cm³/mol. The Kier molecular flexibility index (Phi) is 3.89. The Hall–Kier alpha value is -0.610. The summed E-state index contributed by atoms with van der Waals surface area (Å²) < 4.78 is 0. The van der Waals surface area contributed by atoms with Gasteiger partial charge in [-0.05, 0) is 20.8 Å². The van der Waals surface area contributed by atoms with Crippen molar-refractivity contribution in [2.24, 2.45) is 0 Å². The molecular formula is C9H13ClN2OS. The molecule has 0 spiro atoms. The molecule has 14 heavy (non-hydrogen) atoms. The molecule has 1 rings (SSSR count). The fourth-order valence-corrected chi connectivity index (χ4v) is 1.99. The SMILES string of the molecule is Cc1csc(C(Cl)C(=O)NC(C)C)n1. The number of nitrogens with zero attached hydrogens (tertiary/aromatic N) is 1. The van der Waals surface area contributed by atoms with Crippen LogP contribution in [0.3, 0.4) is 0 Å². The number of alkyl halides is 1. The van der Waals surface area contributed by atoms with Gasteiger partial charge in [0.05, 0.1) is 0 Å². The number of thiazole rings is 1. The molecule has 1 atom stereocenters. The number of hydrogen-bond acceptors (Lipinski definition) is 3. The highest BCUT2D eigenvalue weighted by molar-refractivity contribution is 7.10. The molecule has 5 heteroatoms. The summed E-state index contributed by atoms with van der Waals surface area (Å²) in [5.74, 6) is -0.184. The molecule has 0 saturated carbocycles. The van der Waals surface area contributed by atoms with Gasteiger partial charge >= 0.3 is 0 Å². The molecular weight excluding hydrogens is 220 g/mol. The van der Waals surface area contributed by atoms with Crippen molar-refractivity contribution < 1.29 is 4.79 Å². The number of carbonyl (C=O) groups excluding carboxylic acids is 1. The molecule has 1 aromatic heterocycles. The van der Waals surface area contributed by atoms with Crippen LogP contribution in [0, 0.1) is 6.92 Å². The Morgan fingerprint density at radius 3 is 2.71 bits per heavy atom. The Morgan fingerprint density at radius 2 is 2.29 bits per heavy atom. The number of aromatic nitrogens is 1. The molecule has 78 valence electrons. The summed E-state index contributed by atoms with van der Waals surface area (Å²) in [6, 6.07) is 0.102. The highest BCUT2D eigenvalue weighted by atomic mass is 35.5. The van der Waals surface area contributed by atoms with Crippen LogP contribution in [-0.4, -0.2) is 16.9 Å². The second-order valence-corrected chi connectivity index (χ2v) is 4.68. The fourth-order valence-electron chi connectivity index (χ4n) is 0.958. The second-order valence-electron chi connectivity index (χ2n) is 3.35. The van der Waals surface area contributed by atoms with E-state index in [0.29, 0.717) is 5.01 Å². The monoisotopic (exact) mass is 232 g/mol. The zero-order valence-corrected chi connectivity index (χ0v) is 9.95. The van der Waals surface area contributed by atoms with Crippen LogP contribution in [0.2, 0.25) is 0 Å². The maximum absolute atomic E-state index is 11.5. The number of nitrogens with one attached hydrogen (secondary N) is 1. The molecule has 0 fully saturated rings. The van der Waals surface area contributed by atoms with Crippen molar-refractivity contribution in [2.75, 3.05) is 0 Å². The lowest BCUT2D eigenvalue weighted by molar-refractivity contribution is -0.121. The summed E-state index contributed by atoms with van der Waals surface area (Å²) in [5, 5.41) is 4.61. The molecule has 0 aliphatic heterocycles. The first-order chi connectivity index (χ1) is 6.50. The van der Waals surface area contributed by atoms with Gasteiger partial charge in [0, 0.05) is 17.1 Å². The largest absolute Gasteiger partial charge is 0.352 e. The van der Waals surface area contributed by atoms with Gasteiger partial charge in [0.15, 0.2) is 5.38 Å². The quantitative estimate of drug-likeness (QED) is 0.813. The number of hydrogen-bond donors (Lipinski definition) is 1. The lowest BCUT2D eigenvalue weighted by Gasteiger charge is -2.10. The van der Waals surface area contributed by atoms with Gasteiger partial charge in [-0.3, -0.25) is 4.79 Å². The van der Waals surface area contributed by atoms with Gasteiger partial charge in [-0.1, -0.05) is 0 Å². The van der Waals surface area contributed by atoms with Crippen molar-refractivity contribution in [3.05, 3.63) is 16.1 Å². The molecule has 0 radical (unpaired) electrons. The molecule has 0 aromatic carbocycles. The van der Waals surface area contributed by atoms with E-state index in [-0.39, 0.29) is 11.9 Å². The Balaban J connectivity index is 2.65. The summed E-state index contributed by atoms with van der Waals surface area (Å²) in [4.78, 5) is 15.7. The van der Waals surface area contributed by atoms with Gasteiger partial charge in [-0.15, -0.1) is 22.9 Å². The normalized spacial score (nSPS) is 12.9. The van der Waals surface area contributed by atoms with Crippen molar-refractivity contribution >= 4 is 28.8 Å². The Labute approximate surface area is 92.5 Å². The van der Waals surface area contributed by atoms with Crippen molar-refractivity contribution in [3.8, 4) is 0 Å². The van der Waals surface area contributed by atoms with E-state index in [1.807, 2.05) is 26.2 Å². The third-order valence-electron chi connectivity index (χ3n) is 1.51. The number of halogens is 1. The maximum atomic E-state index is 11.5. The van der Waals surface area contributed by atoms with Crippen LogP contribution in [0.5, 0.6) is 0 Å². The van der Waals surface area contributed by atoms with Gasteiger partial charge < -0.3 is 5.32 Å². The van der Waals surface area contributed by atoms with Crippen LogP contribution in [0.1, 0.15) is 29.9 Å². The van der Waals surface area contributed by atoms with Crippen LogP contribution < -0.4 is 5.32 Å². The van der Waals surface area contributed by atoms with E-state index in [4.69, 9.17) is 11.6 Å². The minimum absolute atomic E-state index is 0.102. The summed E-state index contributed by atoms with van der Waals surface area (Å²) in [6.45, 7) is 5.67. The van der Waals surface area contributed by atoms with E-state index in [0.717, 1.165) is 5.69 Å². The third-order valence-corrected chi connectivity index (χ3v) is 3.08. The number of carbonyl (C=O) groups is 1. The standard InChI is InChI=1S/C9H13ClN2OS/c1-5(2)11-8(13)7(10)9-12-6(3)4-14-9/h4-5,7H,1-3H3,(H,11,13). The Morgan fingerprint density at radius 1 is 1.64 bits per heavy atom. The highest BCUT2D eigenvalue weighted by Gasteiger charge is 2.20. The van der Waals surface area contributed by atoms with E-state index in [9.17, 15) is 4.79 Å². The average Bonchev–Trinajstić information content (AvgIpc) is 2.49. The second kappa shape index (κ2) is 4.75. The van der Waals surface area contributed by atoms with Crippen molar-refractivity contribution in [3.63, 3.8) is 0 Å². The van der Waals surface area contributed by atoms with Crippen molar-refractivity contribution in [1.82, 2.24) is 10.3 Å². The van der Waals surface area contributed by atoms with Gasteiger partial charge in [0.2, 0.25) is 5.91 Å². The summed E-state index contributed by atoms with van der Waals surface area (Å²) >= 11 is 7.36. The number of aryl methyl sites for hydroxylation is 1. The zero-order chi connectivity index (χ0) is 10.7. The van der Waals surface area contributed by atoms with Crippen LogP contribution in [-0.2, 0) is 4.79 Å². The first-order valence-electron chi connectivity index (χ1n) is 4.37. The van der Waals surface area contributed by atoms with Gasteiger partial charge in [0.25, 0.3) is 0 Å². The van der Waals surface area contributed by atoms with Crippen molar-refractivity contribution in [2.45, 2.75) is 32.2 Å². The topological polar surface area (TPSA) is 42.0 Å². The molecule has 1 N–H and O–H groups in total. The van der Waals surface area contributed by atoms with E-state index in [1.165, 1.54) is 11.3 Å². The molecule has 1 aromatic rings. The molecule has 1 amide bonds. The minimum atomic E-state index is -0.670. The average molecular weight is 233 g/mol. The minimum Gasteiger partial charge on any atom is -0.352 e. The first kappa shape index (κ1) is 11.5. The molecule has 1 heterocycles. The first-order valence-corrected chi connectivity index (χ1v) is 5.68. The maximum Gasteiger partial charge on any atom is 0.245 e. The lowest BCUT2D eigenvalue weighted by Crippen LogP contribution is -2.32. The summed E-state index contributed by atoms with van der Waals surface area (Å²) in [6.07, 6.45) is 0. The molecule has 0 saturated heterocycles. The van der Waals surface area contributed by atoms with Crippen LogP contribution in [0.15, 0.2) is 5.38 Å². The van der Waals surface area contributed by atoms with E-state index in [1.54, 1.807) is 0 Å².